The Hall–Kier alpha value is -3.49. The molecule has 0 aliphatic heterocycles. The number of nitrogens with one attached hydrogen (secondary N) is 3. The van der Waals surface area contributed by atoms with Crippen molar-refractivity contribution in [2.75, 3.05) is 12.4 Å². The number of hydrogen-bond donors (Lipinski definition) is 3. The summed E-state index contributed by atoms with van der Waals surface area (Å²) in [5, 5.41) is 5.70. The first-order valence-electron chi connectivity index (χ1n) is 10.0. The zero-order chi connectivity index (χ0) is 23.1. The average Bonchev–Trinajstić information content (AvgIpc) is 2.80. The molecule has 7 nitrogen and oxygen atoms in total. The van der Waals surface area contributed by atoms with Gasteiger partial charge in [-0.25, -0.2) is 13.1 Å². The van der Waals surface area contributed by atoms with E-state index in [1.54, 1.807) is 66.7 Å². The molecule has 0 fully saturated rings. The molecule has 3 aromatic carbocycles. The average molecular weight is 452 g/mol. The molecule has 0 aliphatic rings. The van der Waals surface area contributed by atoms with E-state index in [1.165, 1.54) is 7.05 Å². The minimum Gasteiger partial charge on any atom is -0.348 e. The van der Waals surface area contributed by atoms with E-state index >= 15 is 0 Å². The lowest BCUT2D eigenvalue weighted by atomic mass is 10.1. The number of aryl methyl sites for hydroxylation is 1. The largest absolute Gasteiger partial charge is 0.348 e. The third kappa shape index (κ3) is 6.26. The molecule has 32 heavy (non-hydrogen) atoms. The molecule has 3 N–H and O–H groups in total. The van der Waals surface area contributed by atoms with Crippen LogP contribution in [0.15, 0.2) is 72.8 Å². The van der Waals surface area contributed by atoms with Crippen LogP contribution in [-0.2, 0) is 22.3 Å². The molecule has 0 saturated carbocycles. The normalized spacial score (nSPS) is 11.1. The van der Waals surface area contributed by atoms with Gasteiger partial charge in [0.25, 0.3) is 11.8 Å². The molecular weight excluding hydrogens is 426 g/mol. The second kappa shape index (κ2) is 10.2. The summed E-state index contributed by atoms with van der Waals surface area (Å²) in [6, 6.07) is 21.0. The minimum absolute atomic E-state index is 0.100. The number of carbonyl (C=O) groups excluding carboxylic acids is 2. The summed E-state index contributed by atoms with van der Waals surface area (Å²) < 4.78 is 25.5. The van der Waals surface area contributed by atoms with Gasteiger partial charge in [-0.1, -0.05) is 48.5 Å². The van der Waals surface area contributed by atoms with Gasteiger partial charge in [0.1, 0.15) is 0 Å². The molecule has 0 heterocycles. The monoisotopic (exact) mass is 451 g/mol. The van der Waals surface area contributed by atoms with Crippen LogP contribution in [0.4, 0.5) is 5.69 Å². The maximum absolute atomic E-state index is 12.6. The first-order chi connectivity index (χ1) is 15.3. The van der Waals surface area contributed by atoms with E-state index in [1.807, 2.05) is 13.0 Å². The highest BCUT2D eigenvalue weighted by Gasteiger charge is 2.12. The van der Waals surface area contributed by atoms with Crippen LogP contribution in [-0.4, -0.2) is 27.3 Å². The Kier molecular flexibility index (Phi) is 7.40. The molecule has 0 spiro atoms. The van der Waals surface area contributed by atoms with Gasteiger partial charge in [-0.3, -0.25) is 9.59 Å². The standard InChI is InChI=1S/C24H25N3O4S/c1-17-8-13-21(14-22(17)27-24(29)20-6-4-3-5-7-20)23(28)26-15-18-9-11-19(12-10-18)16-32(30,31)25-2/h3-14,25H,15-16H2,1-2H3,(H,26,28)(H,27,29). The van der Waals surface area contributed by atoms with E-state index in [-0.39, 0.29) is 24.1 Å². The summed E-state index contributed by atoms with van der Waals surface area (Å²) in [5.41, 5.74) is 3.88. The van der Waals surface area contributed by atoms with Crippen LogP contribution in [0.5, 0.6) is 0 Å². The SMILES string of the molecule is CNS(=O)(=O)Cc1ccc(CNC(=O)c2ccc(C)c(NC(=O)c3ccccc3)c2)cc1. The molecular formula is C24H25N3O4S. The van der Waals surface area contributed by atoms with Gasteiger partial charge in [0.15, 0.2) is 0 Å². The molecule has 0 radical (unpaired) electrons. The smallest absolute Gasteiger partial charge is 0.255 e. The Morgan fingerprint density at radius 3 is 2.12 bits per heavy atom. The molecule has 0 unspecified atom stereocenters. The Morgan fingerprint density at radius 1 is 0.812 bits per heavy atom. The Bertz CT molecular complexity index is 1210. The molecule has 0 bridgehead atoms. The number of anilines is 1. The minimum atomic E-state index is -3.33. The molecule has 3 aromatic rings. The van der Waals surface area contributed by atoms with Gasteiger partial charge < -0.3 is 10.6 Å². The van der Waals surface area contributed by atoms with Gasteiger partial charge in [-0.2, -0.15) is 0 Å². The van der Waals surface area contributed by atoms with Crippen molar-refractivity contribution in [1.82, 2.24) is 10.0 Å². The van der Waals surface area contributed by atoms with Crippen molar-refractivity contribution in [3.05, 3.63) is 101 Å². The molecule has 8 heteroatoms. The fraction of sp³-hybridized carbons (Fsp3) is 0.167. The van der Waals surface area contributed by atoms with Crippen molar-refractivity contribution >= 4 is 27.5 Å². The zero-order valence-electron chi connectivity index (χ0n) is 17.9. The topological polar surface area (TPSA) is 104 Å². The van der Waals surface area contributed by atoms with Gasteiger partial charge >= 0.3 is 0 Å². The summed E-state index contributed by atoms with van der Waals surface area (Å²) in [6.07, 6.45) is 0. The third-order valence-electron chi connectivity index (χ3n) is 4.93. The maximum Gasteiger partial charge on any atom is 0.255 e. The number of benzene rings is 3. The van der Waals surface area contributed by atoms with Crippen molar-refractivity contribution < 1.29 is 18.0 Å². The van der Waals surface area contributed by atoms with Crippen molar-refractivity contribution in [3.8, 4) is 0 Å². The quantitative estimate of drug-likeness (QED) is 0.489. The number of hydrogen-bond acceptors (Lipinski definition) is 4. The lowest BCUT2D eigenvalue weighted by molar-refractivity contribution is 0.0949. The zero-order valence-corrected chi connectivity index (χ0v) is 18.7. The van der Waals surface area contributed by atoms with E-state index in [9.17, 15) is 18.0 Å². The van der Waals surface area contributed by atoms with Crippen molar-refractivity contribution in [1.29, 1.82) is 0 Å². The summed E-state index contributed by atoms with van der Waals surface area (Å²) in [6.45, 7) is 2.15. The summed E-state index contributed by atoms with van der Waals surface area (Å²) in [5.74, 6) is -0.620. The van der Waals surface area contributed by atoms with Crippen LogP contribution in [0.1, 0.15) is 37.4 Å². The van der Waals surface area contributed by atoms with Gasteiger partial charge in [-0.05, 0) is 54.9 Å². The lowest BCUT2D eigenvalue weighted by Crippen LogP contribution is -2.23. The number of amides is 2. The number of sulfonamides is 1. The molecule has 166 valence electrons. The molecule has 0 aromatic heterocycles. The van der Waals surface area contributed by atoms with Gasteiger partial charge in [0.2, 0.25) is 10.0 Å². The van der Waals surface area contributed by atoms with Crippen molar-refractivity contribution in [2.45, 2.75) is 19.2 Å². The molecule has 3 rings (SSSR count). The van der Waals surface area contributed by atoms with Crippen LogP contribution >= 0.6 is 0 Å². The van der Waals surface area contributed by atoms with E-state index in [0.717, 1.165) is 11.1 Å². The Morgan fingerprint density at radius 2 is 1.47 bits per heavy atom. The predicted molar refractivity (Wildman–Crippen MR) is 125 cm³/mol. The summed E-state index contributed by atoms with van der Waals surface area (Å²) in [7, 11) is -1.95. The number of carbonyl (C=O) groups is 2. The van der Waals surface area contributed by atoms with Crippen LogP contribution in [0, 0.1) is 6.92 Å². The Labute approximate surface area is 187 Å². The second-order valence-corrected chi connectivity index (χ2v) is 9.24. The van der Waals surface area contributed by atoms with Crippen LogP contribution < -0.4 is 15.4 Å². The lowest BCUT2D eigenvalue weighted by Gasteiger charge is -2.11. The number of rotatable bonds is 8. The van der Waals surface area contributed by atoms with Crippen LogP contribution in [0.2, 0.25) is 0 Å². The third-order valence-corrected chi connectivity index (χ3v) is 6.26. The van der Waals surface area contributed by atoms with Crippen molar-refractivity contribution in [3.63, 3.8) is 0 Å². The van der Waals surface area contributed by atoms with E-state index in [4.69, 9.17) is 0 Å². The fourth-order valence-corrected chi connectivity index (χ4v) is 3.79. The highest BCUT2D eigenvalue weighted by molar-refractivity contribution is 7.88. The second-order valence-electron chi connectivity index (χ2n) is 7.31. The van der Waals surface area contributed by atoms with Crippen molar-refractivity contribution in [2.24, 2.45) is 0 Å². The predicted octanol–water partition coefficient (Wildman–Crippen LogP) is 3.23. The van der Waals surface area contributed by atoms with E-state index in [0.29, 0.717) is 22.4 Å². The highest BCUT2D eigenvalue weighted by Crippen LogP contribution is 2.18. The van der Waals surface area contributed by atoms with E-state index < -0.39 is 10.0 Å². The van der Waals surface area contributed by atoms with E-state index in [2.05, 4.69) is 15.4 Å². The van der Waals surface area contributed by atoms with Gasteiger partial charge in [0, 0.05) is 23.4 Å². The summed E-state index contributed by atoms with van der Waals surface area (Å²) >= 11 is 0. The fourth-order valence-electron chi connectivity index (χ4n) is 3.01. The first kappa shape index (κ1) is 23.2. The highest BCUT2D eigenvalue weighted by atomic mass is 32.2. The van der Waals surface area contributed by atoms with Gasteiger partial charge in [-0.15, -0.1) is 0 Å². The molecule has 0 aliphatic carbocycles. The first-order valence-corrected chi connectivity index (χ1v) is 11.7. The van der Waals surface area contributed by atoms with Crippen LogP contribution in [0.3, 0.4) is 0 Å². The molecule has 2 amide bonds. The van der Waals surface area contributed by atoms with Crippen LogP contribution in [0.25, 0.3) is 0 Å². The Balaban J connectivity index is 1.63. The van der Waals surface area contributed by atoms with Gasteiger partial charge in [0.05, 0.1) is 5.75 Å². The maximum atomic E-state index is 12.6. The molecule has 0 atom stereocenters. The molecule has 0 saturated heterocycles. The summed E-state index contributed by atoms with van der Waals surface area (Å²) in [4.78, 5) is 25.1.